The molecule has 2 aliphatic heterocycles. The van der Waals surface area contributed by atoms with E-state index in [1.165, 1.54) is 13.0 Å². The van der Waals surface area contributed by atoms with Crippen molar-refractivity contribution in [2.75, 3.05) is 78.8 Å². The molecule has 0 aromatic heterocycles. The second-order valence-electron chi connectivity index (χ2n) is 5.01. The molecule has 2 aliphatic rings. The maximum atomic E-state index is 5.34. The molecule has 0 radical (unpaired) electrons. The first-order chi connectivity index (χ1) is 8.95. The van der Waals surface area contributed by atoms with Crippen molar-refractivity contribution in [3.8, 4) is 0 Å². The third-order valence-corrected chi connectivity index (χ3v) is 3.64. The van der Waals surface area contributed by atoms with Crippen LogP contribution in [0.2, 0.25) is 0 Å². The largest absolute Gasteiger partial charge is 0.379 e. The molecule has 0 aromatic rings. The number of morpholine rings is 2. The van der Waals surface area contributed by atoms with E-state index >= 15 is 0 Å². The van der Waals surface area contributed by atoms with Crippen molar-refractivity contribution in [3.63, 3.8) is 0 Å². The normalized spacial score (nSPS) is 23.3. The molecule has 106 valence electrons. The van der Waals surface area contributed by atoms with E-state index in [0.717, 1.165) is 72.2 Å². The van der Waals surface area contributed by atoms with Crippen molar-refractivity contribution < 1.29 is 9.47 Å². The van der Waals surface area contributed by atoms with Crippen LogP contribution in [0.3, 0.4) is 0 Å². The van der Waals surface area contributed by atoms with E-state index in [2.05, 4.69) is 15.1 Å². The Balaban J connectivity index is 1.39. The summed E-state index contributed by atoms with van der Waals surface area (Å²) < 4.78 is 10.7. The number of rotatable bonds is 7. The van der Waals surface area contributed by atoms with Crippen molar-refractivity contribution in [3.05, 3.63) is 0 Å². The molecule has 0 bridgehead atoms. The summed E-state index contributed by atoms with van der Waals surface area (Å²) in [7, 11) is 0. The average Bonchev–Trinajstić information content (AvgIpc) is 2.45. The van der Waals surface area contributed by atoms with Crippen LogP contribution in [0, 0.1) is 0 Å². The summed E-state index contributed by atoms with van der Waals surface area (Å²) in [4.78, 5) is 4.96. The Kier molecular flexibility index (Phi) is 6.97. The van der Waals surface area contributed by atoms with Crippen molar-refractivity contribution in [1.82, 2.24) is 15.1 Å². The minimum atomic E-state index is 0.900. The second-order valence-corrected chi connectivity index (χ2v) is 5.01. The van der Waals surface area contributed by atoms with E-state index in [1.807, 2.05) is 0 Å². The summed E-state index contributed by atoms with van der Waals surface area (Å²) in [5.41, 5.74) is 0. The lowest BCUT2D eigenvalue weighted by atomic mass is 10.3. The predicted molar refractivity (Wildman–Crippen MR) is 72.0 cm³/mol. The number of hydrogen-bond donors (Lipinski definition) is 1. The minimum Gasteiger partial charge on any atom is -0.379 e. The molecule has 0 spiro atoms. The Hall–Kier alpha value is -0.200. The zero-order chi connectivity index (χ0) is 12.5. The molecular weight excluding hydrogens is 230 g/mol. The van der Waals surface area contributed by atoms with Gasteiger partial charge in [-0.2, -0.15) is 0 Å². The van der Waals surface area contributed by atoms with E-state index < -0.39 is 0 Å². The topological polar surface area (TPSA) is 37.0 Å². The molecule has 5 heteroatoms. The van der Waals surface area contributed by atoms with E-state index in [1.54, 1.807) is 0 Å². The maximum Gasteiger partial charge on any atom is 0.0594 e. The van der Waals surface area contributed by atoms with Gasteiger partial charge in [0, 0.05) is 39.3 Å². The Morgan fingerprint density at radius 1 is 0.722 bits per heavy atom. The molecule has 0 saturated carbocycles. The smallest absolute Gasteiger partial charge is 0.0594 e. The Labute approximate surface area is 110 Å². The highest BCUT2D eigenvalue weighted by Crippen LogP contribution is 1.97. The van der Waals surface area contributed by atoms with Crippen molar-refractivity contribution in [2.45, 2.75) is 6.42 Å². The second kappa shape index (κ2) is 8.82. The summed E-state index contributed by atoms with van der Waals surface area (Å²) in [5, 5.41) is 3.53. The fourth-order valence-corrected chi connectivity index (χ4v) is 2.44. The van der Waals surface area contributed by atoms with Crippen molar-refractivity contribution in [2.24, 2.45) is 0 Å². The van der Waals surface area contributed by atoms with E-state index in [9.17, 15) is 0 Å². The maximum absolute atomic E-state index is 5.34. The van der Waals surface area contributed by atoms with E-state index in [-0.39, 0.29) is 0 Å². The lowest BCUT2D eigenvalue weighted by molar-refractivity contribution is 0.0362. The summed E-state index contributed by atoms with van der Waals surface area (Å²) in [6, 6.07) is 0. The fourth-order valence-electron chi connectivity index (χ4n) is 2.44. The molecule has 2 saturated heterocycles. The third-order valence-electron chi connectivity index (χ3n) is 3.64. The zero-order valence-electron chi connectivity index (χ0n) is 11.4. The summed E-state index contributed by atoms with van der Waals surface area (Å²) in [6.07, 6.45) is 1.24. The molecule has 1 N–H and O–H groups in total. The Morgan fingerprint density at radius 3 is 1.89 bits per heavy atom. The highest BCUT2D eigenvalue weighted by Gasteiger charge is 2.10. The van der Waals surface area contributed by atoms with E-state index in [4.69, 9.17) is 9.47 Å². The number of nitrogens with one attached hydrogen (secondary N) is 1. The van der Waals surface area contributed by atoms with Gasteiger partial charge in [-0.15, -0.1) is 0 Å². The SMILES string of the molecule is C(CNCCN1CCOCC1)CN1CCOCC1. The van der Waals surface area contributed by atoms with Crippen LogP contribution in [0.15, 0.2) is 0 Å². The summed E-state index contributed by atoms with van der Waals surface area (Å²) in [6.45, 7) is 12.6. The van der Waals surface area contributed by atoms with Crippen LogP contribution >= 0.6 is 0 Å². The van der Waals surface area contributed by atoms with Crippen LogP contribution in [-0.4, -0.2) is 88.6 Å². The molecule has 2 fully saturated rings. The van der Waals surface area contributed by atoms with Gasteiger partial charge in [0.05, 0.1) is 26.4 Å². The molecule has 0 aliphatic carbocycles. The van der Waals surface area contributed by atoms with Crippen LogP contribution in [0.1, 0.15) is 6.42 Å². The van der Waals surface area contributed by atoms with Gasteiger partial charge in [-0.1, -0.05) is 0 Å². The zero-order valence-corrected chi connectivity index (χ0v) is 11.4. The first kappa shape index (κ1) is 14.2. The van der Waals surface area contributed by atoms with Gasteiger partial charge in [-0.05, 0) is 19.5 Å². The van der Waals surface area contributed by atoms with Crippen LogP contribution in [0.5, 0.6) is 0 Å². The highest BCUT2D eigenvalue weighted by molar-refractivity contribution is 4.65. The van der Waals surface area contributed by atoms with E-state index in [0.29, 0.717) is 0 Å². The number of ether oxygens (including phenoxy) is 2. The molecule has 0 aromatic carbocycles. The standard InChI is InChI=1S/C13H27N3O2/c1(4-15-6-10-17-11-7-15)2-14-3-5-16-8-12-18-13-9-16/h14H,1-13H2. The van der Waals surface area contributed by atoms with Crippen LogP contribution in [-0.2, 0) is 9.47 Å². The molecule has 0 unspecified atom stereocenters. The lowest BCUT2D eigenvalue weighted by Crippen LogP contribution is -2.41. The van der Waals surface area contributed by atoms with Gasteiger partial charge >= 0.3 is 0 Å². The van der Waals surface area contributed by atoms with Crippen LogP contribution < -0.4 is 5.32 Å². The quantitative estimate of drug-likeness (QED) is 0.630. The molecule has 18 heavy (non-hydrogen) atoms. The minimum absolute atomic E-state index is 0.900. The Bertz CT molecular complexity index is 182. The fraction of sp³-hybridized carbons (Fsp3) is 1.00. The van der Waals surface area contributed by atoms with Gasteiger partial charge < -0.3 is 14.8 Å². The molecule has 2 heterocycles. The molecular formula is C13H27N3O2. The predicted octanol–water partition coefficient (Wildman–Crippen LogP) is -0.369. The number of nitrogens with zero attached hydrogens (tertiary/aromatic N) is 2. The van der Waals surface area contributed by atoms with Gasteiger partial charge in [0.15, 0.2) is 0 Å². The van der Waals surface area contributed by atoms with Gasteiger partial charge in [0.1, 0.15) is 0 Å². The molecule has 2 rings (SSSR count). The van der Waals surface area contributed by atoms with Gasteiger partial charge in [-0.25, -0.2) is 0 Å². The lowest BCUT2D eigenvalue weighted by Gasteiger charge is -2.27. The third kappa shape index (κ3) is 5.63. The first-order valence-electron chi connectivity index (χ1n) is 7.26. The first-order valence-corrected chi connectivity index (χ1v) is 7.26. The van der Waals surface area contributed by atoms with Gasteiger partial charge in [0.2, 0.25) is 0 Å². The monoisotopic (exact) mass is 257 g/mol. The van der Waals surface area contributed by atoms with Crippen LogP contribution in [0.25, 0.3) is 0 Å². The van der Waals surface area contributed by atoms with Crippen molar-refractivity contribution in [1.29, 1.82) is 0 Å². The highest BCUT2D eigenvalue weighted by atomic mass is 16.5. The average molecular weight is 257 g/mol. The summed E-state index contributed by atoms with van der Waals surface area (Å²) in [5.74, 6) is 0. The molecule has 0 amide bonds. The van der Waals surface area contributed by atoms with Crippen LogP contribution in [0.4, 0.5) is 0 Å². The van der Waals surface area contributed by atoms with Gasteiger partial charge in [-0.3, -0.25) is 9.80 Å². The molecule has 0 atom stereocenters. The van der Waals surface area contributed by atoms with Gasteiger partial charge in [0.25, 0.3) is 0 Å². The van der Waals surface area contributed by atoms with Crippen molar-refractivity contribution >= 4 is 0 Å². The molecule has 5 nitrogen and oxygen atoms in total. The Morgan fingerprint density at radius 2 is 1.28 bits per heavy atom. The summed E-state index contributed by atoms with van der Waals surface area (Å²) >= 11 is 0. The number of hydrogen-bond acceptors (Lipinski definition) is 5.